The molecule has 1 unspecified atom stereocenters. The minimum Gasteiger partial charge on any atom is -0.455 e. The fourth-order valence-electron chi connectivity index (χ4n) is 8.55. The molecule has 11 heteroatoms. The molecule has 10 nitrogen and oxygen atoms in total. The Labute approximate surface area is 322 Å². The summed E-state index contributed by atoms with van der Waals surface area (Å²) in [6.45, 7) is 17.2. The first-order valence-corrected chi connectivity index (χ1v) is 19.5. The van der Waals surface area contributed by atoms with E-state index in [1.54, 1.807) is 29.0 Å². The highest BCUT2D eigenvalue weighted by atomic mass is 79.9. The summed E-state index contributed by atoms with van der Waals surface area (Å²) in [7, 11) is 1.69. The minimum atomic E-state index is -1.37. The van der Waals surface area contributed by atoms with Crippen LogP contribution in [0, 0.1) is 31.6 Å². The molecule has 3 aliphatic heterocycles. The third-order valence-electron chi connectivity index (χ3n) is 11.2. The number of allylic oxidation sites excluding steroid dienone is 1. The Balaban J connectivity index is 1.58. The van der Waals surface area contributed by atoms with Crippen molar-refractivity contribution in [2.45, 2.75) is 101 Å². The number of carbonyl (C=O) groups is 4. The van der Waals surface area contributed by atoms with Crippen LogP contribution in [0.3, 0.4) is 0 Å². The second-order valence-electron chi connectivity index (χ2n) is 15.2. The van der Waals surface area contributed by atoms with Gasteiger partial charge in [-0.3, -0.25) is 19.2 Å². The number of aliphatic hydroxyl groups is 1. The zero-order valence-corrected chi connectivity index (χ0v) is 33.3. The first-order valence-electron chi connectivity index (χ1n) is 18.6. The van der Waals surface area contributed by atoms with Crippen LogP contribution in [0.1, 0.15) is 69.2 Å². The zero-order valence-electron chi connectivity index (χ0n) is 31.7. The normalized spacial score (nSPS) is 26.2. The van der Waals surface area contributed by atoms with E-state index < -0.39 is 59.6 Å². The third-order valence-corrected chi connectivity index (χ3v) is 12.0. The van der Waals surface area contributed by atoms with Crippen molar-refractivity contribution < 1.29 is 33.8 Å². The summed E-state index contributed by atoms with van der Waals surface area (Å²) in [6.07, 6.45) is 3.26. The number of likely N-dealkylation sites (N-methyl/N-ethyl adjacent to an activating group) is 1. The Morgan fingerprint density at radius 1 is 1.11 bits per heavy atom. The van der Waals surface area contributed by atoms with Gasteiger partial charge >= 0.3 is 5.97 Å². The highest BCUT2D eigenvalue weighted by molar-refractivity contribution is 9.09. The van der Waals surface area contributed by atoms with Gasteiger partial charge in [-0.1, -0.05) is 84.4 Å². The number of fused-ring (bicyclic) bond motifs is 1. The molecule has 1 N–H and O–H groups in total. The number of benzene rings is 2. The fraction of sp³-hybridized carbons (Fsp3) is 0.524. The summed E-state index contributed by atoms with van der Waals surface area (Å²) in [6, 6.07) is 12.7. The summed E-state index contributed by atoms with van der Waals surface area (Å²) in [5, 5.41) is 10.8. The molecule has 3 amide bonds. The van der Waals surface area contributed by atoms with Gasteiger partial charge in [-0.2, -0.15) is 0 Å². The molecule has 0 saturated carbocycles. The quantitative estimate of drug-likeness (QED) is 0.125. The molecule has 0 aliphatic carbocycles. The van der Waals surface area contributed by atoms with Gasteiger partial charge in [0, 0.05) is 30.5 Å². The first kappa shape index (κ1) is 40.4. The maximum absolute atomic E-state index is 15.2. The van der Waals surface area contributed by atoms with Gasteiger partial charge in [0.15, 0.2) is 0 Å². The lowest BCUT2D eigenvalue weighted by Crippen LogP contribution is -2.59. The van der Waals surface area contributed by atoms with Gasteiger partial charge in [0.25, 0.3) is 5.91 Å². The number of aryl methyl sites for hydroxylation is 2. The smallest absolute Gasteiger partial charge is 0.313 e. The molecule has 0 radical (unpaired) electrons. The van der Waals surface area contributed by atoms with Crippen molar-refractivity contribution >= 4 is 45.3 Å². The first-order chi connectivity index (χ1) is 25.2. The van der Waals surface area contributed by atoms with E-state index in [4.69, 9.17) is 9.47 Å². The molecule has 3 heterocycles. The lowest BCUT2D eigenvalue weighted by atomic mass is 9.70. The standard InChI is InChI=1S/C42H54BrN3O7/c1-9-11-17-33(48)44(8)28(7)36(29-15-13-12-14-16-29)52-41(51)34-35-39(49)46(30(24-47)21-25(3)4)38(42(35)23-31(43)37(34)53-42)40(50)45(20-10-2)32-22-26(5)18-19-27(32)6/h9-10,12-16,18-19,22,25,28,30-31,34-38,47H,1-2,11,17,20-21,23-24H2,3-8H3/t28-,30+,31?,34+,35-,36+,37+,38+,42-/m0/s1. The third kappa shape index (κ3) is 7.62. The molecule has 9 atom stereocenters. The van der Waals surface area contributed by atoms with Crippen LogP contribution in [0.2, 0.25) is 0 Å². The van der Waals surface area contributed by atoms with Crippen LogP contribution < -0.4 is 4.90 Å². The van der Waals surface area contributed by atoms with Crippen LogP contribution >= 0.6 is 15.9 Å². The van der Waals surface area contributed by atoms with E-state index >= 15 is 4.79 Å². The van der Waals surface area contributed by atoms with Crippen LogP contribution in [-0.4, -0.2) is 93.5 Å². The monoisotopic (exact) mass is 791 g/mol. The van der Waals surface area contributed by atoms with Crippen LogP contribution in [0.5, 0.6) is 0 Å². The van der Waals surface area contributed by atoms with E-state index in [0.29, 0.717) is 30.5 Å². The number of alkyl halides is 1. The van der Waals surface area contributed by atoms with Crippen molar-refractivity contribution in [1.82, 2.24) is 9.80 Å². The molecule has 3 saturated heterocycles. The van der Waals surface area contributed by atoms with E-state index in [-0.39, 0.29) is 42.1 Å². The fourth-order valence-corrected chi connectivity index (χ4v) is 9.49. The van der Waals surface area contributed by atoms with Gasteiger partial charge in [-0.15, -0.1) is 13.2 Å². The highest BCUT2D eigenvalue weighted by Crippen LogP contribution is 2.61. The van der Waals surface area contributed by atoms with E-state index in [9.17, 15) is 19.5 Å². The van der Waals surface area contributed by atoms with Crippen molar-refractivity contribution in [3.63, 3.8) is 0 Å². The van der Waals surface area contributed by atoms with Gasteiger partial charge in [-0.05, 0) is 68.7 Å². The molecule has 2 bridgehead atoms. The molecule has 5 rings (SSSR count). The number of amides is 3. The number of rotatable bonds is 16. The van der Waals surface area contributed by atoms with Crippen molar-refractivity contribution in [3.05, 3.63) is 90.5 Å². The second kappa shape index (κ2) is 16.7. The molecular formula is C42H54BrN3O7. The predicted octanol–water partition coefficient (Wildman–Crippen LogP) is 6.08. The Hall–Kier alpha value is -3.80. The van der Waals surface area contributed by atoms with E-state index in [0.717, 1.165) is 11.1 Å². The predicted molar refractivity (Wildman–Crippen MR) is 208 cm³/mol. The summed E-state index contributed by atoms with van der Waals surface area (Å²) in [4.78, 5) is 62.3. The molecule has 1 spiro atoms. The van der Waals surface area contributed by atoms with Crippen molar-refractivity contribution in [2.75, 3.05) is 25.1 Å². The van der Waals surface area contributed by atoms with Gasteiger partial charge in [0.05, 0.1) is 36.6 Å². The molecule has 0 aromatic heterocycles. The van der Waals surface area contributed by atoms with Crippen LogP contribution in [-0.2, 0) is 28.7 Å². The molecular weight excluding hydrogens is 738 g/mol. The molecule has 2 aromatic rings. The van der Waals surface area contributed by atoms with E-state index in [1.165, 1.54) is 4.90 Å². The number of esters is 1. The van der Waals surface area contributed by atoms with Crippen LogP contribution in [0.15, 0.2) is 73.8 Å². The number of hydrogen-bond acceptors (Lipinski definition) is 7. The minimum absolute atomic E-state index is 0.0955. The number of nitrogens with zero attached hydrogens (tertiary/aromatic N) is 3. The SMILES string of the molecule is C=CCCC(=O)N(C)[C@@H](C)[C@@H](OC(=O)[C@H]1[C@@H]2O[C@@]3(CC2Br)[C@@H]1C(=O)N([C@@H](CO)CC(C)C)[C@@H]3C(=O)N(CC=C)c1cc(C)ccc1C)c1ccccc1. The summed E-state index contributed by atoms with van der Waals surface area (Å²) in [5.41, 5.74) is 1.86. The number of aliphatic hydroxyl groups excluding tert-OH is 1. The molecule has 3 fully saturated rings. The highest BCUT2D eigenvalue weighted by Gasteiger charge is 2.77. The van der Waals surface area contributed by atoms with Gasteiger partial charge in [0.1, 0.15) is 17.7 Å². The van der Waals surface area contributed by atoms with Crippen molar-refractivity contribution in [1.29, 1.82) is 0 Å². The molecule has 2 aromatic carbocycles. The Kier molecular flexibility index (Phi) is 12.7. The van der Waals surface area contributed by atoms with Crippen LogP contribution in [0.25, 0.3) is 0 Å². The number of halogens is 1. The van der Waals surface area contributed by atoms with Gasteiger partial charge in [0.2, 0.25) is 11.8 Å². The van der Waals surface area contributed by atoms with Gasteiger partial charge in [-0.25, -0.2) is 0 Å². The maximum Gasteiger partial charge on any atom is 0.313 e. The Morgan fingerprint density at radius 2 is 1.81 bits per heavy atom. The van der Waals surface area contributed by atoms with Crippen molar-refractivity contribution in [3.8, 4) is 0 Å². The topological polar surface area (TPSA) is 117 Å². The van der Waals surface area contributed by atoms with E-state index in [2.05, 4.69) is 29.1 Å². The van der Waals surface area contributed by atoms with Gasteiger partial charge < -0.3 is 29.3 Å². The maximum atomic E-state index is 15.2. The summed E-state index contributed by atoms with van der Waals surface area (Å²) < 4.78 is 13.2. The number of ether oxygens (including phenoxy) is 2. The number of anilines is 1. The average molecular weight is 793 g/mol. The largest absolute Gasteiger partial charge is 0.455 e. The summed E-state index contributed by atoms with van der Waals surface area (Å²) >= 11 is 3.77. The number of carbonyl (C=O) groups excluding carboxylic acids is 4. The second-order valence-corrected chi connectivity index (χ2v) is 16.4. The van der Waals surface area contributed by atoms with Crippen molar-refractivity contribution in [2.24, 2.45) is 17.8 Å². The molecule has 53 heavy (non-hydrogen) atoms. The van der Waals surface area contributed by atoms with E-state index in [1.807, 2.05) is 83.1 Å². The number of likely N-dealkylation sites (tertiary alicyclic amines) is 1. The Bertz CT molecular complexity index is 1700. The lowest BCUT2D eigenvalue weighted by molar-refractivity contribution is -0.165. The molecule has 3 aliphatic rings. The van der Waals surface area contributed by atoms with Crippen LogP contribution in [0.4, 0.5) is 5.69 Å². The average Bonchev–Trinajstić information content (AvgIpc) is 3.74. The summed E-state index contributed by atoms with van der Waals surface area (Å²) in [5.74, 6) is -3.51. The lowest BCUT2D eigenvalue weighted by Gasteiger charge is -2.40. The zero-order chi connectivity index (χ0) is 38.8. The Morgan fingerprint density at radius 3 is 2.43 bits per heavy atom. The molecule has 286 valence electrons. The number of hydrogen-bond donors (Lipinski definition) is 1.